The molecule has 0 saturated carbocycles. The molecule has 1 heterocycles. The molecule has 1 aromatic carbocycles. The van der Waals surface area contributed by atoms with Crippen LogP contribution in [-0.4, -0.2) is 24.1 Å². The summed E-state index contributed by atoms with van der Waals surface area (Å²) in [4.78, 5) is 16.1. The fourth-order valence-corrected chi connectivity index (χ4v) is 1.96. The van der Waals surface area contributed by atoms with Crippen LogP contribution in [0.5, 0.6) is 0 Å². The van der Waals surface area contributed by atoms with Gasteiger partial charge >= 0.3 is 5.97 Å². The molecular formula is C16H18N2O2. The zero-order valence-electron chi connectivity index (χ0n) is 11.5. The van der Waals surface area contributed by atoms with Gasteiger partial charge in [-0.05, 0) is 24.1 Å². The predicted octanol–water partition coefficient (Wildman–Crippen LogP) is 1.96. The Hall–Kier alpha value is -2.20. The van der Waals surface area contributed by atoms with E-state index in [9.17, 15) is 4.79 Å². The summed E-state index contributed by atoms with van der Waals surface area (Å²) in [7, 11) is 1.41. The topological polar surface area (TPSA) is 51.2 Å². The minimum absolute atomic E-state index is 0.259. The van der Waals surface area contributed by atoms with Gasteiger partial charge in [0.2, 0.25) is 0 Å². The van der Waals surface area contributed by atoms with Crippen molar-refractivity contribution in [1.82, 2.24) is 10.3 Å². The molecule has 1 N–H and O–H groups in total. The van der Waals surface area contributed by atoms with Gasteiger partial charge in [0, 0.05) is 12.7 Å². The first-order valence-corrected chi connectivity index (χ1v) is 6.54. The molecule has 1 atom stereocenters. The fraction of sp³-hybridized carbons (Fsp3) is 0.250. The van der Waals surface area contributed by atoms with E-state index in [-0.39, 0.29) is 12.0 Å². The van der Waals surface area contributed by atoms with Crippen LogP contribution in [0, 0.1) is 0 Å². The number of hydrogen-bond acceptors (Lipinski definition) is 4. The van der Waals surface area contributed by atoms with Crippen LogP contribution in [0.15, 0.2) is 54.7 Å². The van der Waals surface area contributed by atoms with Crippen molar-refractivity contribution in [2.45, 2.75) is 19.0 Å². The Morgan fingerprint density at radius 1 is 1.20 bits per heavy atom. The van der Waals surface area contributed by atoms with Gasteiger partial charge in [0.15, 0.2) is 0 Å². The van der Waals surface area contributed by atoms with Crippen LogP contribution >= 0.6 is 0 Å². The Balaban J connectivity index is 1.99. The number of ether oxygens (including phenoxy) is 1. The second-order valence-corrected chi connectivity index (χ2v) is 4.47. The van der Waals surface area contributed by atoms with E-state index in [0.717, 1.165) is 11.3 Å². The quantitative estimate of drug-likeness (QED) is 0.815. The number of benzene rings is 1. The standard InChI is InChI=1S/C16H18N2O2/c1-20-16(19)15(11-13-7-3-2-4-8-13)18-12-14-9-5-6-10-17-14/h2-10,15,18H,11-12H2,1H3/t15-/m0/s1. The minimum atomic E-state index is -0.371. The molecule has 0 saturated heterocycles. The number of aromatic nitrogens is 1. The number of carbonyl (C=O) groups is 1. The zero-order valence-corrected chi connectivity index (χ0v) is 11.5. The third-order valence-electron chi connectivity index (χ3n) is 3.02. The summed E-state index contributed by atoms with van der Waals surface area (Å²) in [5.41, 5.74) is 1.99. The molecule has 0 fully saturated rings. The fourth-order valence-electron chi connectivity index (χ4n) is 1.96. The molecule has 4 nitrogen and oxygen atoms in total. The van der Waals surface area contributed by atoms with Crippen LogP contribution in [0.3, 0.4) is 0 Å². The average Bonchev–Trinajstić information content (AvgIpc) is 2.52. The third-order valence-corrected chi connectivity index (χ3v) is 3.02. The molecule has 0 spiro atoms. The van der Waals surface area contributed by atoms with E-state index >= 15 is 0 Å². The van der Waals surface area contributed by atoms with Crippen molar-refractivity contribution in [3.05, 3.63) is 66.0 Å². The van der Waals surface area contributed by atoms with E-state index in [2.05, 4.69) is 10.3 Å². The summed E-state index contributed by atoms with van der Waals surface area (Å²) in [6, 6.07) is 15.2. The van der Waals surface area contributed by atoms with Crippen molar-refractivity contribution in [3.63, 3.8) is 0 Å². The lowest BCUT2D eigenvalue weighted by atomic mass is 10.1. The number of nitrogens with one attached hydrogen (secondary N) is 1. The Labute approximate surface area is 118 Å². The summed E-state index contributed by atoms with van der Waals surface area (Å²) in [5, 5.41) is 3.20. The van der Waals surface area contributed by atoms with Gasteiger partial charge in [0.25, 0.3) is 0 Å². The monoisotopic (exact) mass is 270 g/mol. The minimum Gasteiger partial charge on any atom is -0.468 e. The lowest BCUT2D eigenvalue weighted by Gasteiger charge is -2.16. The van der Waals surface area contributed by atoms with Crippen LogP contribution in [-0.2, 0) is 22.5 Å². The van der Waals surface area contributed by atoms with Crippen molar-refractivity contribution < 1.29 is 9.53 Å². The molecule has 0 radical (unpaired) electrons. The second kappa shape index (κ2) is 7.40. The summed E-state index contributed by atoms with van der Waals surface area (Å²) < 4.78 is 4.85. The van der Waals surface area contributed by atoms with Crippen molar-refractivity contribution in [1.29, 1.82) is 0 Å². The molecule has 0 bridgehead atoms. The molecule has 0 aliphatic rings. The number of rotatable bonds is 6. The van der Waals surface area contributed by atoms with Crippen molar-refractivity contribution in [3.8, 4) is 0 Å². The van der Waals surface area contributed by atoms with Gasteiger partial charge in [0.1, 0.15) is 6.04 Å². The summed E-state index contributed by atoms with van der Waals surface area (Å²) >= 11 is 0. The van der Waals surface area contributed by atoms with E-state index in [1.807, 2.05) is 48.5 Å². The Morgan fingerprint density at radius 3 is 2.60 bits per heavy atom. The molecule has 0 aliphatic carbocycles. The van der Waals surface area contributed by atoms with Gasteiger partial charge in [-0.2, -0.15) is 0 Å². The molecule has 4 heteroatoms. The third kappa shape index (κ3) is 4.17. The molecule has 0 aliphatic heterocycles. The van der Waals surface area contributed by atoms with Crippen LogP contribution in [0.1, 0.15) is 11.3 Å². The first-order valence-electron chi connectivity index (χ1n) is 6.54. The van der Waals surface area contributed by atoms with E-state index < -0.39 is 0 Å². The van der Waals surface area contributed by atoms with Crippen LogP contribution in [0.2, 0.25) is 0 Å². The number of methoxy groups -OCH3 is 1. The number of hydrogen-bond donors (Lipinski definition) is 1. The normalized spacial score (nSPS) is 11.8. The number of pyridine rings is 1. The molecule has 0 amide bonds. The lowest BCUT2D eigenvalue weighted by Crippen LogP contribution is -2.39. The number of carbonyl (C=O) groups excluding carboxylic acids is 1. The molecule has 2 rings (SSSR count). The maximum absolute atomic E-state index is 11.8. The van der Waals surface area contributed by atoms with Crippen LogP contribution < -0.4 is 5.32 Å². The van der Waals surface area contributed by atoms with Gasteiger partial charge in [0.05, 0.1) is 12.8 Å². The second-order valence-electron chi connectivity index (χ2n) is 4.47. The van der Waals surface area contributed by atoms with Gasteiger partial charge in [-0.25, -0.2) is 0 Å². The Kier molecular flexibility index (Phi) is 5.26. The van der Waals surface area contributed by atoms with E-state index in [0.29, 0.717) is 13.0 Å². The number of nitrogens with zero attached hydrogens (tertiary/aromatic N) is 1. The van der Waals surface area contributed by atoms with Gasteiger partial charge < -0.3 is 4.74 Å². The maximum Gasteiger partial charge on any atom is 0.323 e. The summed E-state index contributed by atoms with van der Waals surface area (Å²) in [5.74, 6) is -0.259. The molecule has 1 aromatic heterocycles. The van der Waals surface area contributed by atoms with Gasteiger partial charge in [-0.3, -0.25) is 15.1 Å². The number of esters is 1. The highest BCUT2D eigenvalue weighted by molar-refractivity contribution is 5.76. The first-order chi connectivity index (χ1) is 9.79. The Bertz CT molecular complexity index is 529. The van der Waals surface area contributed by atoms with Crippen molar-refractivity contribution in [2.75, 3.05) is 7.11 Å². The highest BCUT2D eigenvalue weighted by Gasteiger charge is 2.19. The summed E-state index contributed by atoms with van der Waals surface area (Å²) in [6.07, 6.45) is 2.34. The largest absolute Gasteiger partial charge is 0.468 e. The van der Waals surface area contributed by atoms with E-state index in [1.165, 1.54) is 7.11 Å². The highest BCUT2D eigenvalue weighted by Crippen LogP contribution is 2.05. The molecule has 0 unspecified atom stereocenters. The smallest absolute Gasteiger partial charge is 0.323 e. The predicted molar refractivity (Wildman–Crippen MR) is 77.0 cm³/mol. The first kappa shape index (κ1) is 14.2. The van der Waals surface area contributed by atoms with Crippen molar-refractivity contribution in [2.24, 2.45) is 0 Å². The van der Waals surface area contributed by atoms with Gasteiger partial charge in [-0.1, -0.05) is 36.4 Å². The molecular weight excluding hydrogens is 252 g/mol. The Morgan fingerprint density at radius 2 is 1.95 bits per heavy atom. The molecule has 20 heavy (non-hydrogen) atoms. The van der Waals surface area contributed by atoms with Crippen molar-refractivity contribution >= 4 is 5.97 Å². The summed E-state index contributed by atoms with van der Waals surface area (Å²) in [6.45, 7) is 0.535. The van der Waals surface area contributed by atoms with Crippen LogP contribution in [0.4, 0.5) is 0 Å². The molecule has 2 aromatic rings. The lowest BCUT2D eigenvalue weighted by molar-refractivity contribution is -0.143. The van der Waals surface area contributed by atoms with E-state index in [4.69, 9.17) is 4.74 Å². The maximum atomic E-state index is 11.8. The highest BCUT2D eigenvalue weighted by atomic mass is 16.5. The van der Waals surface area contributed by atoms with E-state index in [1.54, 1.807) is 6.20 Å². The van der Waals surface area contributed by atoms with Crippen LogP contribution in [0.25, 0.3) is 0 Å². The SMILES string of the molecule is COC(=O)[C@H](Cc1ccccc1)NCc1ccccn1. The molecule has 104 valence electrons. The zero-order chi connectivity index (χ0) is 14.2. The van der Waals surface area contributed by atoms with Gasteiger partial charge in [-0.15, -0.1) is 0 Å². The average molecular weight is 270 g/mol.